The zero-order chi connectivity index (χ0) is 24.7. The Kier molecular flexibility index (Phi) is 8.29. The van der Waals surface area contributed by atoms with Crippen molar-refractivity contribution >= 4 is 29.3 Å². The maximum Gasteiger partial charge on any atom is 0.266 e. The summed E-state index contributed by atoms with van der Waals surface area (Å²) < 4.78 is 24.6. The minimum atomic E-state index is -0.531. The molecule has 0 saturated carbocycles. The van der Waals surface area contributed by atoms with Gasteiger partial charge in [0.15, 0.2) is 11.5 Å². The van der Waals surface area contributed by atoms with Crippen molar-refractivity contribution in [3.8, 4) is 17.6 Å². The number of amides is 1. The molecule has 3 rings (SSSR count). The molecule has 0 saturated heterocycles. The lowest BCUT2D eigenvalue weighted by Crippen LogP contribution is -2.13. The fraction of sp³-hybridized carbons (Fsp3) is 0.185. The third-order valence-corrected chi connectivity index (χ3v) is 5.35. The Morgan fingerprint density at radius 2 is 1.82 bits per heavy atom. The molecule has 0 aliphatic carbocycles. The molecule has 0 aliphatic rings. The summed E-state index contributed by atoms with van der Waals surface area (Å²) in [4.78, 5) is 12.7. The molecule has 0 bridgehead atoms. The third-order valence-electron chi connectivity index (χ3n) is 5.07. The minimum absolute atomic E-state index is 0.0864. The van der Waals surface area contributed by atoms with Crippen molar-refractivity contribution < 1.29 is 18.7 Å². The van der Waals surface area contributed by atoms with Gasteiger partial charge in [-0.3, -0.25) is 4.79 Å². The molecule has 1 N–H and O–H groups in total. The summed E-state index contributed by atoms with van der Waals surface area (Å²) >= 11 is 6.45. The van der Waals surface area contributed by atoms with E-state index in [2.05, 4.69) is 5.32 Å². The number of halogens is 2. The molecule has 7 heteroatoms. The Bertz CT molecular complexity index is 1260. The Morgan fingerprint density at radius 3 is 2.47 bits per heavy atom. The number of hydrogen-bond donors (Lipinski definition) is 1. The molecular weight excluding hydrogens is 455 g/mol. The SMILES string of the molecule is CCOc1cc(/C=C(\C#N)C(=O)Nc2ccc(C)c(C)c2)cc(Cl)c1OCc1ccc(F)cc1. The minimum Gasteiger partial charge on any atom is -0.490 e. The van der Waals surface area contributed by atoms with Crippen LogP contribution in [0.1, 0.15) is 29.2 Å². The third kappa shape index (κ3) is 6.37. The molecule has 174 valence electrons. The highest BCUT2D eigenvalue weighted by atomic mass is 35.5. The molecule has 0 radical (unpaired) electrons. The number of carbonyl (C=O) groups excluding carboxylic acids is 1. The highest BCUT2D eigenvalue weighted by Gasteiger charge is 2.15. The number of benzene rings is 3. The van der Waals surface area contributed by atoms with Gasteiger partial charge < -0.3 is 14.8 Å². The lowest BCUT2D eigenvalue weighted by atomic mass is 10.1. The number of carbonyl (C=O) groups is 1. The van der Waals surface area contributed by atoms with Gasteiger partial charge in [-0.05, 0) is 85.5 Å². The standard InChI is InChI=1S/C27H24ClFN2O3/c1-4-33-25-14-20(13-24(28)26(25)34-16-19-6-8-22(29)9-7-19)12-21(15-30)27(32)31-23-10-5-17(2)18(3)11-23/h5-14H,4,16H2,1-3H3,(H,31,32)/b21-12+. The van der Waals surface area contributed by atoms with Crippen LogP contribution in [0.4, 0.5) is 10.1 Å². The maximum atomic E-state index is 13.1. The molecule has 3 aromatic rings. The van der Waals surface area contributed by atoms with Crippen LogP contribution in [0.5, 0.6) is 11.5 Å². The van der Waals surface area contributed by atoms with Crippen molar-refractivity contribution in [2.45, 2.75) is 27.4 Å². The fourth-order valence-corrected chi connectivity index (χ4v) is 3.42. The fourth-order valence-electron chi connectivity index (χ4n) is 3.14. The van der Waals surface area contributed by atoms with Gasteiger partial charge in [0.25, 0.3) is 5.91 Å². The van der Waals surface area contributed by atoms with Crippen LogP contribution in [0, 0.1) is 31.0 Å². The van der Waals surface area contributed by atoms with Crippen LogP contribution >= 0.6 is 11.6 Å². The predicted molar refractivity (Wildman–Crippen MR) is 131 cm³/mol. The summed E-state index contributed by atoms with van der Waals surface area (Å²) in [6.45, 7) is 6.26. The number of aryl methyl sites for hydroxylation is 2. The van der Waals surface area contributed by atoms with Gasteiger partial charge >= 0.3 is 0 Å². The summed E-state index contributed by atoms with van der Waals surface area (Å²) in [7, 11) is 0. The second kappa shape index (κ2) is 11.4. The number of rotatable bonds is 8. The van der Waals surface area contributed by atoms with E-state index < -0.39 is 5.91 Å². The number of anilines is 1. The van der Waals surface area contributed by atoms with Crippen LogP contribution in [0.15, 0.2) is 60.2 Å². The largest absolute Gasteiger partial charge is 0.490 e. The first-order valence-electron chi connectivity index (χ1n) is 10.6. The molecule has 34 heavy (non-hydrogen) atoms. The topological polar surface area (TPSA) is 71.3 Å². The van der Waals surface area contributed by atoms with E-state index in [0.29, 0.717) is 29.4 Å². The van der Waals surface area contributed by atoms with E-state index >= 15 is 0 Å². The average molecular weight is 479 g/mol. The van der Waals surface area contributed by atoms with E-state index in [4.69, 9.17) is 21.1 Å². The van der Waals surface area contributed by atoms with Gasteiger partial charge in [0.2, 0.25) is 0 Å². The van der Waals surface area contributed by atoms with Gasteiger partial charge in [-0.25, -0.2) is 4.39 Å². The Balaban J connectivity index is 1.84. The van der Waals surface area contributed by atoms with Crippen LogP contribution in [0.2, 0.25) is 5.02 Å². The summed E-state index contributed by atoms with van der Waals surface area (Å²) in [5.41, 5.74) is 3.93. The number of nitrogens with one attached hydrogen (secondary N) is 1. The molecule has 3 aromatic carbocycles. The second-order valence-electron chi connectivity index (χ2n) is 7.60. The van der Waals surface area contributed by atoms with E-state index in [1.54, 1.807) is 30.3 Å². The van der Waals surface area contributed by atoms with E-state index in [1.807, 2.05) is 39.0 Å². The zero-order valence-corrected chi connectivity index (χ0v) is 19.9. The number of nitrogens with zero attached hydrogens (tertiary/aromatic N) is 1. The summed E-state index contributed by atoms with van der Waals surface area (Å²) in [5, 5.41) is 12.6. The van der Waals surface area contributed by atoms with Gasteiger partial charge in [-0.2, -0.15) is 5.26 Å². The van der Waals surface area contributed by atoms with E-state index in [0.717, 1.165) is 16.7 Å². The van der Waals surface area contributed by atoms with E-state index in [-0.39, 0.29) is 23.0 Å². The normalized spacial score (nSPS) is 11.0. The van der Waals surface area contributed by atoms with Gasteiger partial charge in [0.1, 0.15) is 24.1 Å². The molecular formula is C27H24ClFN2O3. The molecule has 0 unspecified atom stereocenters. The quantitative estimate of drug-likeness (QED) is 0.292. The molecule has 1 amide bonds. The van der Waals surface area contributed by atoms with Crippen molar-refractivity contribution in [2.24, 2.45) is 0 Å². The van der Waals surface area contributed by atoms with Gasteiger partial charge in [0, 0.05) is 5.69 Å². The summed E-state index contributed by atoms with van der Waals surface area (Å²) in [6, 6.07) is 16.6. The van der Waals surface area contributed by atoms with Crippen molar-refractivity contribution in [3.05, 3.63) is 93.3 Å². The van der Waals surface area contributed by atoms with Gasteiger partial charge in [-0.15, -0.1) is 0 Å². The second-order valence-corrected chi connectivity index (χ2v) is 8.01. The van der Waals surface area contributed by atoms with Crippen molar-refractivity contribution in [2.75, 3.05) is 11.9 Å². The van der Waals surface area contributed by atoms with E-state index in [9.17, 15) is 14.4 Å². The summed E-state index contributed by atoms with van der Waals surface area (Å²) in [5.74, 6) is -0.169. The Morgan fingerprint density at radius 1 is 1.09 bits per heavy atom. The average Bonchev–Trinajstić information content (AvgIpc) is 2.80. The highest BCUT2D eigenvalue weighted by molar-refractivity contribution is 6.32. The Hall–Kier alpha value is -3.82. The summed E-state index contributed by atoms with van der Waals surface area (Å²) in [6.07, 6.45) is 1.44. The highest BCUT2D eigenvalue weighted by Crippen LogP contribution is 2.38. The number of nitriles is 1. The molecule has 0 aromatic heterocycles. The van der Waals surface area contributed by atoms with Crippen LogP contribution < -0.4 is 14.8 Å². The first-order valence-corrected chi connectivity index (χ1v) is 11.0. The first kappa shape index (κ1) is 24.8. The number of ether oxygens (including phenoxy) is 2. The van der Waals surface area contributed by atoms with Crippen LogP contribution in [-0.2, 0) is 11.4 Å². The lowest BCUT2D eigenvalue weighted by molar-refractivity contribution is -0.112. The van der Waals surface area contributed by atoms with Crippen molar-refractivity contribution in [1.29, 1.82) is 5.26 Å². The zero-order valence-electron chi connectivity index (χ0n) is 19.1. The van der Waals surface area contributed by atoms with Crippen LogP contribution in [0.3, 0.4) is 0 Å². The van der Waals surface area contributed by atoms with E-state index in [1.165, 1.54) is 18.2 Å². The molecule has 0 heterocycles. The predicted octanol–water partition coefficient (Wildman–Crippen LogP) is 6.62. The van der Waals surface area contributed by atoms with Gasteiger partial charge in [0.05, 0.1) is 11.6 Å². The molecule has 0 fully saturated rings. The molecule has 5 nitrogen and oxygen atoms in total. The number of hydrogen-bond acceptors (Lipinski definition) is 4. The van der Waals surface area contributed by atoms with Crippen molar-refractivity contribution in [3.63, 3.8) is 0 Å². The van der Waals surface area contributed by atoms with Crippen LogP contribution in [-0.4, -0.2) is 12.5 Å². The first-order chi connectivity index (χ1) is 16.3. The monoisotopic (exact) mass is 478 g/mol. The molecule has 0 atom stereocenters. The Labute approximate surface area is 203 Å². The van der Waals surface area contributed by atoms with Gasteiger partial charge in [-0.1, -0.05) is 29.8 Å². The molecule has 0 spiro atoms. The molecule has 0 aliphatic heterocycles. The lowest BCUT2D eigenvalue weighted by Gasteiger charge is -2.15. The van der Waals surface area contributed by atoms with Crippen LogP contribution in [0.25, 0.3) is 6.08 Å². The maximum absolute atomic E-state index is 13.1. The smallest absolute Gasteiger partial charge is 0.266 e. The van der Waals surface area contributed by atoms with Crippen molar-refractivity contribution in [1.82, 2.24) is 0 Å².